The first-order valence-electron chi connectivity index (χ1n) is 11.3. The number of unbranched alkanes of at least 4 members (excludes halogenated alkanes) is 13. The molecule has 29 heavy (non-hydrogen) atoms. The molecule has 0 heterocycles. The summed E-state index contributed by atoms with van der Waals surface area (Å²) in [5.74, 6) is 0. The molecule has 0 aliphatic rings. The lowest BCUT2D eigenvalue weighted by molar-refractivity contribution is 0.532. The number of rotatable bonds is 19. The van der Waals surface area contributed by atoms with Crippen molar-refractivity contribution in [2.45, 2.75) is 96.8 Å². The summed E-state index contributed by atoms with van der Waals surface area (Å²) >= 11 is 0. The Morgan fingerprint density at radius 2 is 1.21 bits per heavy atom. The van der Waals surface area contributed by atoms with Crippen LogP contribution in [0.4, 0.5) is 5.69 Å². The number of carbonyl (C=O) groups excluding carboxylic acids is 1. The van der Waals surface area contributed by atoms with Crippen molar-refractivity contribution in [3.05, 3.63) is 30.3 Å². The summed E-state index contributed by atoms with van der Waals surface area (Å²) in [6.45, 7) is 2.59. The van der Waals surface area contributed by atoms with Gasteiger partial charge in [-0.3, -0.25) is 4.79 Å². The number of nitrogens with one attached hydrogen (secondary N) is 1. The van der Waals surface area contributed by atoms with Crippen LogP contribution in [-0.2, 0) is 15.0 Å². The molecular weight excluding hydrogens is 384 g/mol. The Morgan fingerprint density at radius 3 is 1.66 bits per heavy atom. The van der Waals surface area contributed by atoms with Gasteiger partial charge >= 0.3 is 16.6 Å². The molecule has 0 aliphatic carbocycles. The molecule has 1 aromatic rings. The van der Waals surface area contributed by atoms with E-state index in [2.05, 4.69) is 11.6 Å². The number of hydrogen-bond donors (Lipinski definition) is 1. The molecule has 1 radical (unpaired) electrons. The van der Waals surface area contributed by atoms with Crippen molar-refractivity contribution in [2.75, 3.05) is 10.8 Å². The van der Waals surface area contributed by atoms with Gasteiger partial charge < -0.3 is 0 Å². The van der Waals surface area contributed by atoms with Gasteiger partial charge in [0.2, 0.25) is 0 Å². The Balaban J connectivity index is 2.00. The summed E-state index contributed by atoms with van der Waals surface area (Å²) in [6.07, 6.45) is 19.1. The molecular formula is C23H39N2O3S. The minimum atomic E-state index is -3.88. The van der Waals surface area contributed by atoms with Crippen LogP contribution < -0.4 is 9.03 Å². The number of anilines is 1. The van der Waals surface area contributed by atoms with Gasteiger partial charge in [-0.25, -0.2) is 0 Å². The van der Waals surface area contributed by atoms with Gasteiger partial charge in [0.15, 0.2) is 0 Å². The zero-order valence-corrected chi connectivity index (χ0v) is 18.9. The van der Waals surface area contributed by atoms with Crippen molar-refractivity contribution >= 4 is 22.3 Å². The van der Waals surface area contributed by atoms with E-state index in [9.17, 15) is 13.2 Å². The smallest absolute Gasteiger partial charge is 0.262 e. The lowest BCUT2D eigenvalue weighted by Crippen LogP contribution is -2.40. The topological polar surface area (TPSA) is 66.5 Å². The van der Waals surface area contributed by atoms with Crippen LogP contribution in [0.25, 0.3) is 0 Å². The second kappa shape index (κ2) is 16.4. The largest absolute Gasteiger partial charge is 0.332 e. The van der Waals surface area contributed by atoms with Crippen molar-refractivity contribution in [3.8, 4) is 0 Å². The number of benzene rings is 1. The molecule has 6 heteroatoms. The quantitative estimate of drug-likeness (QED) is 0.223. The fourth-order valence-electron chi connectivity index (χ4n) is 3.39. The van der Waals surface area contributed by atoms with Crippen LogP contribution in [0.3, 0.4) is 0 Å². The van der Waals surface area contributed by atoms with E-state index in [1.54, 1.807) is 30.3 Å². The van der Waals surface area contributed by atoms with Gasteiger partial charge in [-0.2, -0.15) is 17.4 Å². The van der Waals surface area contributed by atoms with Crippen molar-refractivity contribution in [1.29, 1.82) is 0 Å². The van der Waals surface area contributed by atoms with Crippen molar-refractivity contribution in [2.24, 2.45) is 0 Å². The van der Waals surface area contributed by atoms with Crippen LogP contribution in [0, 0.1) is 0 Å². The number of nitrogens with zero attached hydrogens (tertiary/aromatic N) is 1. The van der Waals surface area contributed by atoms with Gasteiger partial charge in [0, 0.05) is 6.54 Å². The number of para-hydroxylation sites is 1. The van der Waals surface area contributed by atoms with Gasteiger partial charge in [-0.15, -0.1) is 0 Å². The standard InChI is InChI=1S/C23H39N2O3S/c1-2-3-4-5-6-7-8-9-10-11-12-13-14-18-21-24-29(27,28)25(22-26)23-19-16-15-17-20-23/h15-17,19-20,24H,2-14,18,21H2,1H3. The third-order valence-electron chi connectivity index (χ3n) is 5.13. The first-order chi connectivity index (χ1) is 14.1. The molecule has 0 saturated carbocycles. The van der Waals surface area contributed by atoms with E-state index >= 15 is 0 Å². The Labute approximate surface area is 178 Å². The van der Waals surface area contributed by atoms with E-state index in [1.165, 1.54) is 77.0 Å². The molecule has 0 aromatic heterocycles. The predicted molar refractivity (Wildman–Crippen MR) is 122 cm³/mol. The predicted octanol–water partition coefficient (Wildman–Crippen LogP) is 5.88. The first-order valence-corrected chi connectivity index (χ1v) is 12.8. The van der Waals surface area contributed by atoms with Gasteiger partial charge in [0.05, 0.1) is 5.69 Å². The minimum absolute atomic E-state index is 0.288. The fourth-order valence-corrected chi connectivity index (χ4v) is 4.42. The Bertz CT molecular complexity index is 620. The maximum absolute atomic E-state index is 12.2. The molecule has 165 valence electrons. The highest BCUT2D eigenvalue weighted by molar-refractivity contribution is 7.91. The molecule has 0 bridgehead atoms. The molecule has 0 atom stereocenters. The second-order valence-corrected chi connectivity index (χ2v) is 9.29. The van der Waals surface area contributed by atoms with Crippen LogP contribution in [0.2, 0.25) is 0 Å². The number of hydrogen-bond acceptors (Lipinski definition) is 3. The van der Waals surface area contributed by atoms with Gasteiger partial charge in [-0.05, 0) is 18.6 Å². The lowest BCUT2D eigenvalue weighted by atomic mass is 10.0. The number of amides is 1. The molecule has 1 amide bonds. The maximum Gasteiger partial charge on any atom is 0.332 e. The first kappa shape index (κ1) is 25.6. The Kier molecular flexibility index (Phi) is 14.5. The zero-order valence-electron chi connectivity index (χ0n) is 18.1. The lowest BCUT2D eigenvalue weighted by Gasteiger charge is -2.17. The molecule has 1 rings (SSSR count). The molecule has 1 N–H and O–H groups in total. The summed E-state index contributed by atoms with van der Waals surface area (Å²) in [7, 11) is -3.88. The van der Waals surface area contributed by atoms with Crippen molar-refractivity contribution < 1.29 is 13.2 Å². The van der Waals surface area contributed by atoms with Crippen LogP contribution in [-0.4, -0.2) is 21.4 Å². The summed E-state index contributed by atoms with van der Waals surface area (Å²) in [6, 6.07) is 8.26. The molecule has 0 saturated heterocycles. The average molecular weight is 424 g/mol. The monoisotopic (exact) mass is 423 g/mol. The highest BCUT2D eigenvalue weighted by atomic mass is 32.2. The molecule has 5 nitrogen and oxygen atoms in total. The summed E-state index contributed by atoms with van der Waals surface area (Å²) in [5.41, 5.74) is 0.288. The average Bonchev–Trinajstić information content (AvgIpc) is 2.72. The summed E-state index contributed by atoms with van der Waals surface area (Å²) in [4.78, 5) is 11.1. The van der Waals surface area contributed by atoms with Crippen LogP contribution >= 0.6 is 0 Å². The maximum atomic E-state index is 12.2. The van der Waals surface area contributed by atoms with Crippen molar-refractivity contribution in [1.82, 2.24) is 4.72 Å². The van der Waals surface area contributed by atoms with Gasteiger partial charge in [-0.1, -0.05) is 109 Å². The highest BCUT2D eigenvalue weighted by Gasteiger charge is 2.21. The highest BCUT2D eigenvalue weighted by Crippen LogP contribution is 2.15. The molecule has 0 fully saturated rings. The third kappa shape index (κ3) is 12.0. The van der Waals surface area contributed by atoms with Gasteiger partial charge in [0.25, 0.3) is 0 Å². The van der Waals surface area contributed by atoms with Crippen LogP contribution in [0.5, 0.6) is 0 Å². The Hall–Kier alpha value is -1.40. The van der Waals surface area contributed by atoms with E-state index in [1.807, 2.05) is 0 Å². The minimum Gasteiger partial charge on any atom is -0.262 e. The van der Waals surface area contributed by atoms with E-state index in [4.69, 9.17) is 0 Å². The normalized spacial score (nSPS) is 11.5. The van der Waals surface area contributed by atoms with E-state index in [0.29, 0.717) is 10.8 Å². The molecule has 0 unspecified atom stereocenters. The van der Waals surface area contributed by atoms with Crippen molar-refractivity contribution in [3.63, 3.8) is 0 Å². The van der Waals surface area contributed by atoms with E-state index in [-0.39, 0.29) is 5.69 Å². The van der Waals surface area contributed by atoms with Crippen LogP contribution in [0.15, 0.2) is 30.3 Å². The molecule has 1 aromatic carbocycles. The summed E-state index contributed by atoms with van der Waals surface area (Å²) in [5, 5.41) is 0. The third-order valence-corrected chi connectivity index (χ3v) is 6.46. The Morgan fingerprint density at radius 1 is 0.759 bits per heavy atom. The second-order valence-electron chi connectivity index (χ2n) is 7.69. The van der Waals surface area contributed by atoms with Crippen LogP contribution in [0.1, 0.15) is 96.8 Å². The fraction of sp³-hybridized carbons (Fsp3) is 0.696. The summed E-state index contributed by atoms with van der Waals surface area (Å²) < 4.78 is 27.6. The van der Waals surface area contributed by atoms with E-state index in [0.717, 1.165) is 19.3 Å². The molecule has 0 aliphatic heterocycles. The van der Waals surface area contributed by atoms with E-state index < -0.39 is 10.2 Å². The zero-order chi connectivity index (χ0) is 21.2. The SMILES string of the molecule is CCCCCCCCCCCCCCCCNS(=O)(=O)N([C]=O)c1ccccc1. The molecule has 0 spiro atoms. The van der Waals surface area contributed by atoms with Gasteiger partial charge in [0.1, 0.15) is 0 Å².